The number of anilines is 2. The van der Waals surface area contributed by atoms with E-state index in [1.807, 2.05) is 54.7 Å². The van der Waals surface area contributed by atoms with Gasteiger partial charge in [-0.1, -0.05) is 6.07 Å². The number of aromatic nitrogens is 3. The van der Waals surface area contributed by atoms with E-state index in [1.54, 1.807) is 12.4 Å². The summed E-state index contributed by atoms with van der Waals surface area (Å²) < 4.78 is 2.22. The van der Waals surface area contributed by atoms with E-state index < -0.39 is 0 Å². The second-order valence-electron chi connectivity index (χ2n) is 8.60. The normalized spacial score (nSPS) is 17.3. The molecule has 0 unspecified atom stereocenters. The molecule has 1 fully saturated rings. The molecule has 4 aromatic rings. The molecule has 2 atom stereocenters. The Bertz CT molecular complexity index is 1370. The molecule has 35 heavy (non-hydrogen) atoms. The third kappa shape index (κ3) is 4.28. The van der Waals surface area contributed by atoms with Gasteiger partial charge in [-0.05, 0) is 86.2 Å². The van der Waals surface area contributed by atoms with Crippen LogP contribution in [0.25, 0.3) is 5.69 Å². The molecule has 1 saturated heterocycles. The van der Waals surface area contributed by atoms with E-state index in [9.17, 15) is 4.79 Å². The Morgan fingerprint density at radius 1 is 1.03 bits per heavy atom. The first kappa shape index (κ1) is 22.7. The number of rotatable bonds is 5. The zero-order valence-electron chi connectivity index (χ0n) is 19.8. The van der Waals surface area contributed by atoms with Gasteiger partial charge >= 0.3 is 0 Å². The lowest BCUT2D eigenvalue weighted by Crippen LogP contribution is -2.29. The number of nitrogens with one attached hydrogen (secondary N) is 2. The van der Waals surface area contributed by atoms with Gasteiger partial charge in [-0.2, -0.15) is 0 Å². The smallest absolute Gasteiger partial charge is 0.221 e. The Hall–Kier alpha value is -4.04. The van der Waals surface area contributed by atoms with Gasteiger partial charge in [0.15, 0.2) is 5.11 Å². The molecule has 0 aliphatic carbocycles. The second kappa shape index (κ2) is 9.31. The van der Waals surface area contributed by atoms with Gasteiger partial charge in [0, 0.05) is 42.1 Å². The van der Waals surface area contributed by atoms with Gasteiger partial charge < -0.3 is 20.1 Å². The van der Waals surface area contributed by atoms with Crippen LogP contribution in [-0.2, 0) is 4.79 Å². The maximum Gasteiger partial charge on any atom is 0.221 e. The van der Waals surface area contributed by atoms with E-state index in [4.69, 9.17) is 12.2 Å². The Balaban J connectivity index is 1.63. The molecular formula is C27H26N6OS. The van der Waals surface area contributed by atoms with Gasteiger partial charge in [0.1, 0.15) is 0 Å². The predicted molar refractivity (Wildman–Crippen MR) is 142 cm³/mol. The minimum atomic E-state index is -0.137. The van der Waals surface area contributed by atoms with Crippen molar-refractivity contribution in [2.75, 3.05) is 10.2 Å². The number of benzene rings is 1. The SMILES string of the molecule is CC(=O)Nc1ccc(N2C(=S)N[C@H](c3ccccn3)[C@H]2c2cc(C)n(-c3cccnc3)c2C)cc1. The number of carbonyl (C=O) groups is 1. The molecule has 176 valence electrons. The van der Waals surface area contributed by atoms with E-state index in [0.29, 0.717) is 5.11 Å². The van der Waals surface area contributed by atoms with Gasteiger partial charge in [-0.15, -0.1) is 0 Å². The second-order valence-corrected chi connectivity index (χ2v) is 8.98. The van der Waals surface area contributed by atoms with Crippen LogP contribution in [0.3, 0.4) is 0 Å². The molecule has 5 rings (SSSR count). The summed E-state index contributed by atoms with van der Waals surface area (Å²) >= 11 is 5.86. The van der Waals surface area contributed by atoms with Crippen LogP contribution in [0.1, 0.15) is 41.7 Å². The zero-order chi connectivity index (χ0) is 24.5. The summed E-state index contributed by atoms with van der Waals surface area (Å²) in [4.78, 5) is 22.6. The molecule has 1 aliphatic rings. The third-order valence-corrected chi connectivity index (χ3v) is 6.57. The van der Waals surface area contributed by atoms with Crippen LogP contribution >= 0.6 is 12.2 Å². The number of carbonyl (C=O) groups excluding carboxylic acids is 1. The van der Waals surface area contributed by atoms with Crippen LogP contribution in [0, 0.1) is 13.8 Å². The van der Waals surface area contributed by atoms with Crippen LogP contribution in [0.15, 0.2) is 79.3 Å². The molecule has 0 bridgehead atoms. The number of thiocarbonyl (C=S) groups is 1. The maximum atomic E-state index is 11.5. The fraction of sp³-hybridized carbons (Fsp3) is 0.185. The number of amides is 1. The third-order valence-electron chi connectivity index (χ3n) is 6.26. The summed E-state index contributed by atoms with van der Waals surface area (Å²) in [6.45, 7) is 5.73. The van der Waals surface area contributed by atoms with Crippen LogP contribution in [0.5, 0.6) is 0 Å². The predicted octanol–water partition coefficient (Wildman–Crippen LogP) is 5.02. The van der Waals surface area contributed by atoms with Crippen molar-refractivity contribution >= 4 is 34.6 Å². The Labute approximate surface area is 209 Å². The lowest BCUT2D eigenvalue weighted by molar-refractivity contribution is -0.114. The van der Waals surface area contributed by atoms with E-state index in [1.165, 1.54) is 6.92 Å². The Morgan fingerprint density at radius 3 is 2.49 bits per heavy atom. The highest BCUT2D eigenvalue weighted by Gasteiger charge is 2.42. The van der Waals surface area contributed by atoms with Crippen molar-refractivity contribution in [3.8, 4) is 5.69 Å². The lowest BCUT2D eigenvalue weighted by atomic mass is 9.96. The minimum Gasteiger partial charge on any atom is -0.351 e. The molecule has 4 heterocycles. The number of pyridine rings is 2. The average molecular weight is 483 g/mol. The minimum absolute atomic E-state index is 0.105. The summed E-state index contributed by atoms with van der Waals surface area (Å²) in [5, 5.41) is 6.97. The van der Waals surface area contributed by atoms with Crippen molar-refractivity contribution in [1.29, 1.82) is 0 Å². The molecule has 0 radical (unpaired) electrons. The first-order valence-corrected chi connectivity index (χ1v) is 11.8. The van der Waals surface area contributed by atoms with Gasteiger partial charge in [-0.25, -0.2) is 0 Å². The highest BCUT2D eigenvalue weighted by atomic mass is 32.1. The van der Waals surface area contributed by atoms with Crippen molar-refractivity contribution in [3.63, 3.8) is 0 Å². The molecule has 7 nitrogen and oxygen atoms in total. The van der Waals surface area contributed by atoms with Gasteiger partial charge in [-0.3, -0.25) is 14.8 Å². The van der Waals surface area contributed by atoms with E-state index >= 15 is 0 Å². The first-order chi connectivity index (χ1) is 16.9. The molecular weight excluding hydrogens is 456 g/mol. The first-order valence-electron chi connectivity index (χ1n) is 11.4. The van der Waals surface area contributed by atoms with Crippen LogP contribution in [0.2, 0.25) is 0 Å². The van der Waals surface area contributed by atoms with Gasteiger partial charge in [0.2, 0.25) is 5.91 Å². The molecule has 1 aromatic carbocycles. The molecule has 8 heteroatoms. The van der Waals surface area contributed by atoms with Crippen molar-refractivity contribution in [1.82, 2.24) is 19.9 Å². The highest BCUT2D eigenvalue weighted by Crippen LogP contribution is 2.43. The summed E-state index contributed by atoms with van der Waals surface area (Å²) in [6, 6.07) is 19.6. The standard InChI is InChI=1S/C27H26N6OS/c1-17-15-23(18(2)32(17)22-7-6-13-28-16-22)26-25(24-8-4-5-14-29-24)31-27(35)33(26)21-11-9-20(10-12-21)30-19(3)34/h4-16,25-26H,1-3H3,(H,30,34)(H,31,35)/t25-,26-/m1/s1. The highest BCUT2D eigenvalue weighted by molar-refractivity contribution is 7.80. The fourth-order valence-corrected chi connectivity index (χ4v) is 5.17. The maximum absolute atomic E-state index is 11.5. The largest absolute Gasteiger partial charge is 0.351 e. The van der Waals surface area contributed by atoms with Crippen molar-refractivity contribution < 1.29 is 4.79 Å². The summed E-state index contributed by atoms with van der Waals surface area (Å²) in [5.74, 6) is -0.105. The van der Waals surface area contributed by atoms with Crippen LogP contribution in [0.4, 0.5) is 11.4 Å². The Kier molecular flexibility index (Phi) is 6.05. The van der Waals surface area contributed by atoms with Crippen molar-refractivity contribution in [2.24, 2.45) is 0 Å². The molecule has 1 aliphatic heterocycles. The molecule has 3 aromatic heterocycles. The Morgan fingerprint density at radius 2 is 1.83 bits per heavy atom. The molecule has 2 N–H and O–H groups in total. The van der Waals surface area contributed by atoms with E-state index in [0.717, 1.165) is 39.7 Å². The van der Waals surface area contributed by atoms with E-state index in [-0.39, 0.29) is 18.0 Å². The number of aryl methyl sites for hydroxylation is 1. The fourth-order valence-electron chi connectivity index (χ4n) is 4.83. The van der Waals surface area contributed by atoms with Gasteiger partial charge in [0.25, 0.3) is 0 Å². The number of nitrogens with zero attached hydrogens (tertiary/aromatic N) is 4. The van der Waals surface area contributed by atoms with Crippen LogP contribution in [-0.4, -0.2) is 25.6 Å². The lowest BCUT2D eigenvalue weighted by Gasteiger charge is -2.28. The molecule has 1 amide bonds. The average Bonchev–Trinajstić information content (AvgIpc) is 3.35. The van der Waals surface area contributed by atoms with Crippen LogP contribution < -0.4 is 15.5 Å². The number of hydrogen-bond donors (Lipinski definition) is 2. The summed E-state index contributed by atoms with van der Waals surface area (Å²) in [7, 11) is 0. The quantitative estimate of drug-likeness (QED) is 0.389. The molecule has 0 spiro atoms. The monoisotopic (exact) mass is 482 g/mol. The van der Waals surface area contributed by atoms with Crippen molar-refractivity contribution in [2.45, 2.75) is 32.9 Å². The summed E-state index contributed by atoms with van der Waals surface area (Å²) in [6.07, 6.45) is 5.46. The summed E-state index contributed by atoms with van der Waals surface area (Å²) in [5.41, 5.74) is 7.00. The topological polar surface area (TPSA) is 75.1 Å². The van der Waals surface area contributed by atoms with Crippen molar-refractivity contribution in [3.05, 3.63) is 102 Å². The van der Waals surface area contributed by atoms with Gasteiger partial charge in [0.05, 0.1) is 29.7 Å². The number of hydrogen-bond acceptors (Lipinski definition) is 4. The zero-order valence-corrected chi connectivity index (χ0v) is 20.6. The molecule has 0 saturated carbocycles. The van der Waals surface area contributed by atoms with E-state index in [2.05, 4.69) is 56.0 Å².